The Bertz CT molecular complexity index is 280. The molecule has 1 heterocycles. The molecular weight excluding hydrogens is 272 g/mol. The van der Waals surface area contributed by atoms with Crippen LogP contribution in [0.2, 0.25) is 0 Å². The zero-order valence-corrected chi connectivity index (χ0v) is 13.0. The van der Waals surface area contributed by atoms with E-state index in [-0.39, 0.29) is 13.2 Å². The number of allylic oxidation sites excluding steroid dienone is 2. The summed E-state index contributed by atoms with van der Waals surface area (Å²) in [6.45, 7) is 2.51. The normalized spacial score (nSPS) is 30.1. The lowest BCUT2D eigenvalue weighted by molar-refractivity contribution is -0.211. The van der Waals surface area contributed by atoms with E-state index in [0.717, 1.165) is 25.7 Å². The van der Waals surface area contributed by atoms with Gasteiger partial charge in [-0.3, -0.25) is 0 Å². The van der Waals surface area contributed by atoms with Crippen molar-refractivity contribution in [1.29, 1.82) is 0 Å². The molecule has 4 atom stereocenters. The van der Waals surface area contributed by atoms with Crippen molar-refractivity contribution in [2.75, 3.05) is 19.8 Å². The largest absolute Gasteiger partial charge is 0.394 e. The Balaban J connectivity index is 2.14. The second-order valence-electron chi connectivity index (χ2n) is 5.56. The molecule has 3 N–H and O–H groups in total. The lowest BCUT2D eigenvalue weighted by atomic mass is 10.0. The first-order valence-corrected chi connectivity index (χ1v) is 8.05. The molecule has 0 aromatic heterocycles. The number of aliphatic hydroxyl groups excluding tert-OH is 3. The van der Waals surface area contributed by atoms with Crippen LogP contribution < -0.4 is 0 Å². The summed E-state index contributed by atoms with van der Waals surface area (Å²) < 4.78 is 10.9. The van der Waals surface area contributed by atoms with Crippen molar-refractivity contribution in [1.82, 2.24) is 0 Å². The Morgan fingerprint density at radius 2 is 1.86 bits per heavy atom. The van der Waals surface area contributed by atoms with E-state index in [1.54, 1.807) is 0 Å². The Morgan fingerprint density at radius 1 is 1.14 bits per heavy atom. The minimum Gasteiger partial charge on any atom is -0.394 e. The molecule has 0 saturated carbocycles. The van der Waals surface area contributed by atoms with E-state index in [9.17, 15) is 15.3 Å². The molecule has 0 aromatic carbocycles. The maximum absolute atomic E-state index is 9.88. The maximum Gasteiger partial charge on any atom is 0.114 e. The Kier molecular flexibility index (Phi) is 9.87. The molecule has 5 heteroatoms. The van der Waals surface area contributed by atoms with Gasteiger partial charge in [0, 0.05) is 6.61 Å². The van der Waals surface area contributed by atoms with Crippen LogP contribution >= 0.6 is 0 Å². The zero-order valence-electron chi connectivity index (χ0n) is 13.0. The predicted molar refractivity (Wildman–Crippen MR) is 81.1 cm³/mol. The fourth-order valence-electron chi connectivity index (χ4n) is 2.36. The monoisotopic (exact) mass is 302 g/mol. The van der Waals surface area contributed by atoms with Gasteiger partial charge >= 0.3 is 0 Å². The van der Waals surface area contributed by atoms with Gasteiger partial charge in [0.15, 0.2) is 0 Å². The van der Waals surface area contributed by atoms with Crippen LogP contribution in [0.15, 0.2) is 12.2 Å². The molecule has 1 saturated heterocycles. The summed E-state index contributed by atoms with van der Waals surface area (Å²) in [5, 5.41) is 28.6. The van der Waals surface area contributed by atoms with Crippen LogP contribution in [-0.4, -0.2) is 59.6 Å². The Hall–Kier alpha value is -0.460. The quantitative estimate of drug-likeness (QED) is 0.420. The van der Waals surface area contributed by atoms with E-state index in [1.807, 2.05) is 0 Å². The van der Waals surface area contributed by atoms with Crippen LogP contribution in [0.5, 0.6) is 0 Å². The van der Waals surface area contributed by atoms with Crippen LogP contribution in [0.3, 0.4) is 0 Å². The van der Waals surface area contributed by atoms with Crippen molar-refractivity contribution in [2.24, 2.45) is 0 Å². The minimum atomic E-state index is -0.996. The molecule has 0 radical (unpaired) electrons. The number of hydrogen-bond acceptors (Lipinski definition) is 5. The fourth-order valence-corrected chi connectivity index (χ4v) is 2.36. The number of hydrogen-bond donors (Lipinski definition) is 3. The van der Waals surface area contributed by atoms with E-state index < -0.39 is 24.4 Å². The van der Waals surface area contributed by atoms with E-state index in [1.165, 1.54) is 12.8 Å². The highest BCUT2D eigenvalue weighted by Crippen LogP contribution is 2.19. The van der Waals surface area contributed by atoms with Crippen molar-refractivity contribution in [3.05, 3.63) is 12.2 Å². The summed E-state index contributed by atoms with van der Waals surface area (Å²) in [4.78, 5) is 0. The average molecular weight is 302 g/mol. The van der Waals surface area contributed by atoms with Gasteiger partial charge in [0.1, 0.15) is 24.4 Å². The first-order valence-electron chi connectivity index (χ1n) is 8.05. The minimum absolute atomic E-state index is 0.0365. The van der Waals surface area contributed by atoms with E-state index in [4.69, 9.17) is 9.47 Å². The van der Waals surface area contributed by atoms with Crippen molar-refractivity contribution < 1.29 is 24.8 Å². The average Bonchev–Trinajstić information content (AvgIpc) is 2.49. The van der Waals surface area contributed by atoms with Gasteiger partial charge in [-0.2, -0.15) is 0 Å². The van der Waals surface area contributed by atoms with Gasteiger partial charge in [0.2, 0.25) is 0 Å². The van der Waals surface area contributed by atoms with Crippen LogP contribution in [0.4, 0.5) is 0 Å². The van der Waals surface area contributed by atoms with Gasteiger partial charge in [0.05, 0.1) is 13.2 Å². The van der Waals surface area contributed by atoms with Crippen molar-refractivity contribution >= 4 is 0 Å². The van der Waals surface area contributed by atoms with Gasteiger partial charge in [-0.15, -0.1) is 0 Å². The first kappa shape index (κ1) is 18.6. The summed E-state index contributed by atoms with van der Waals surface area (Å²) in [5.41, 5.74) is 0. The zero-order chi connectivity index (χ0) is 15.5. The summed E-state index contributed by atoms with van der Waals surface area (Å²) in [7, 11) is 0. The summed E-state index contributed by atoms with van der Waals surface area (Å²) >= 11 is 0. The highest BCUT2D eigenvalue weighted by Gasteiger charge is 2.39. The molecule has 1 rings (SSSR count). The summed E-state index contributed by atoms with van der Waals surface area (Å²) in [5.74, 6) is 0. The molecule has 21 heavy (non-hydrogen) atoms. The summed E-state index contributed by atoms with van der Waals surface area (Å²) in [6.07, 6.45) is 7.83. The lowest BCUT2D eigenvalue weighted by Gasteiger charge is -2.37. The Labute approximate surface area is 127 Å². The number of ether oxygens (including phenoxy) is 2. The van der Waals surface area contributed by atoms with Crippen LogP contribution in [-0.2, 0) is 9.47 Å². The molecule has 0 aromatic rings. The molecule has 1 aliphatic rings. The number of aliphatic hydroxyl groups is 3. The third kappa shape index (κ3) is 6.89. The molecule has 1 aliphatic heterocycles. The molecule has 5 nitrogen and oxygen atoms in total. The van der Waals surface area contributed by atoms with Gasteiger partial charge in [-0.25, -0.2) is 0 Å². The van der Waals surface area contributed by atoms with Crippen LogP contribution in [0.25, 0.3) is 0 Å². The topological polar surface area (TPSA) is 79.2 Å². The summed E-state index contributed by atoms with van der Waals surface area (Å²) in [6, 6.07) is 0. The number of unbranched alkanes of at least 4 members (excludes halogenated alkanes) is 4. The molecule has 0 spiro atoms. The van der Waals surface area contributed by atoms with E-state index >= 15 is 0 Å². The standard InChI is InChI=1S/C16H30O5/c1-2-3-4-5-6-7-8-9-10-20-16-14(11-17)21-12-13(18)15(16)19/h5-6,13-19H,2-4,7-12H2,1H3/b6-5+/t13-,14+,15+,16+/m0/s1. The van der Waals surface area contributed by atoms with E-state index in [2.05, 4.69) is 19.1 Å². The lowest BCUT2D eigenvalue weighted by Crippen LogP contribution is -2.55. The first-order chi connectivity index (χ1) is 10.2. The third-order valence-corrected chi connectivity index (χ3v) is 3.72. The van der Waals surface area contributed by atoms with Gasteiger partial charge in [-0.1, -0.05) is 31.9 Å². The van der Waals surface area contributed by atoms with Crippen molar-refractivity contribution in [2.45, 2.75) is 69.9 Å². The highest BCUT2D eigenvalue weighted by molar-refractivity contribution is 4.87. The molecular formula is C16H30O5. The SMILES string of the molecule is CCCC/C=C/CCCCO[C@H]1[C@H](O)[C@@H](O)CO[C@@H]1CO. The molecule has 0 unspecified atom stereocenters. The molecule has 124 valence electrons. The van der Waals surface area contributed by atoms with Crippen molar-refractivity contribution in [3.8, 4) is 0 Å². The molecule has 1 fully saturated rings. The van der Waals surface area contributed by atoms with Gasteiger partial charge in [-0.05, 0) is 25.7 Å². The molecule has 0 aliphatic carbocycles. The molecule has 0 bridgehead atoms. The van der Waals surface area contributed by atoms with Crippen LogP contribution in [0.1, 0.15) is 45.4 Å². The molecule has 0 amide bonds. The third-order valence-electron chi connectivity index (χ3n) is 3.72. The second-order valence-corrected chi connectivity index (χ2v) is 5.56. The van der Waals surface area contributed by atoms with Gasteiger partial charge in [0.25, 0.3) is 0 Å². The smallest absolute Gasteiger partial charge is 0.114 e. The second kappa shape index (κ2) is 11.2. The van der Waals surface area contributed by atoms with Crippen molar-refractivity contribution in [3.63, 3.8) is 0 Å². The predicted octanol–water partition coefficient (Wildman–Crippen LogP) is 1.40. The fraction of sp³-hybridized carbons (Fsp3) is 0.875. The van der Waals surface area contributed by atoms with Gasteiger partial charge < -0.3 is 24.8 Å². The van der Waals surface area contributed by atoms with E-state index in [0.29, 0.717) is 6.61 Å². The maximum atomic E-state index is 9.88. The Morgan fingerprint density at radius 3 is 2.52 bits per heavy atom. The van der Waals surface area contributed by atoms with Crippen LogP contribution in [0, 0.1) is 0 Å². The highest BCUT2D eigenvalue weighted by atomic mass is 16.6. The number of rotatable bonds is 10.